The van der Waals surface area contributed by atoms with Crippen molar-refractivity contribution >= 4 is 27.5 Å². The third-order valence-electron chi connectivity index (χ3n) is 5.36. The summed E-state index contributed by atoms with van der Waals surface area (Å²) in [5.74, 6) is -0.197. The van der Waals surface area contributed by atoms with Crippen molar-refractivity contribution < 1.29 is 27.5 Å². The molecule has 2 N–H and O–H groups in total. The van der Waals surface area contributed by atoms with E-state index in [9.17, 15) is 18.0 Å². The van der Waals surface area contributed by atoms with Gasteiger partial charge < -0.3 is 9.47 Å². The summed E-state index contributed by atoms with van der Waals surface area (Å²) in [5, 5.41) is 0. The largest absolute Gasteiger partial charge is 0.495 e. The van der Waals surface area contributed by atoms with Crippen molar-refractivity contribution in [2.75, 3.05) is 25.1 Å². The van der Waals surface area contributed by atoms with Crippen molar-refractivity contribution in [1.82, 2.24) is 10.9 Å². The van der Waals surface area contributed by atoms with E-state index in [1.807, 2.05) is 26.0 Å². The Balaban J connectivity index is 1.59. The molecule has 3 rings (SSSR count). The third kappa shape index (κ3) is 6.10. The minimum Gasteiger partial charge on any atom is -0.495 e. The monoisotopic (exact) mass is 497 g/mol. The Kier molecular flexibility index (Phi) is 7.98. The molecular formula is C25H27N3O6S. The first kappa shape index (κ1) is 25.6. The number of methoxy groups -OCH3 is 1. The third-order valence-corrected chi connectivity index (χ3v) is 7.15. The normalized spacial score (nSPS) is 10.9. The summed E-state index contributed by atoms with van der Waals surface area (Å²) in [4.78, 5) is 24.4. The van der Waals surface area contributed by atoms with Gasteiger partial charge in [-0.05, 0) is 73.5 Å². The fourth-order valence-corrected chi connectivity index (χ4v) is 4.35. The number of hydrogen-bond acceptors (Lipinski definition) is 6. The van der Waals surface area contributed by atoms with E-state index in [0.717, 1.165) is 15.4 Å². The number of benzene rings is 3. The number of nitrogens with zero attached hydrogens (tertiary/aromatic N) is 1. The highest BCUT2D eigenvalue weighted by Gasteiger charge is 2.24. The van der Waals surface area contributed by atoms with Crippen LogP contribution in [0.15, 0.2) is 71.6 Å². The van der Waals surface area contributed by atoms with E-state index < -0.39 is 21.8 Å². The van der Waals surface area contributed by atoms with E-state index in [0.29, 0.717) is 17.2 Å². The van der Waals surface area contributed by atoms with Crippen LogP contribution in [0.25, 0.3) is 0 Å². The molecule has 0 radical (unpaired) electrons. The van der Waals surface area contributed by atoms with Crippen LogP contribution in [-0.2, 0) is 14.8 Å². The maximum Gasteiger partial charge on any atom is 0.276 e. The van der Waals surface area contributed by atoms with Gasteiger partial charge in [-0.1, -0.05) is 18.2 Å². The highest BCUT2D eigenvalue weighted by molar-refractivity contribution is 7.92. The van der Waals surface area contributed by atoms with E-state index in [1.165, 1.54) is 38.4 Å². The molecule has 0 aromatic heterocycles. The molecule has 0 aliphatic rings. The maximum atomic E-state index is 13.0. The highest BCUT2D eigenvalue weighted by atomic mass is 32.2. The van der Waals surface area contributed by atoms with Crippen molar-refractivity contribution in [1.29, 1.82) is 0 Å². The van der Waals surface area contributed by atoms with Crippen LogP contribution in [0, 0.1) is 13.8 Å². The van der Waals surface area contributed by atoms with Crippen LogP contribution in [-0.4, -0.2) is 41.0 Å². The molecular weight excluding hydrogens is 470 g/mol. The second-order valence-corrected chi connectivity index (χ2v) is 9.68. The van der Waals surface area contributed by atoms with Crippen LogP contribution in [0.3, 0.4) is 0 Å². The van der Waals surface area contributed by atoms with Gasteiger partial charge in [0.15, 0.2) is 6.61 Å². The quantitative estimate of drug-likeness (QED) is 0.463. The lowest BCUT2D eigenvalue weighted by Crippen LogP contribution is -2.43. The number of rotatable bonds is 8. The van der Waals surface area contributed by atoms with Crippen molar-refractivity contribution in [3.8, 4) is 11.5 Å². The fourth-order valence-electron chi connectivity index (χ4n) is 3.14. The SMILES string of the molecule is COc1ccccc1N(C)S(=O)(=O)c1ccc(C(=O)NNC(=O)COc2ccc(C)c(C)c2)cc1. The zero-order valence-corrected chi connectivity index (χ0v) is 20.7. The molecule has 0 spiro atoms. The first-order chi connectivity index (χ1) is 16.6. The lowest BCUT2D eigenvalue weighted by molar-refractivity contribution is -0.123. The molecule has 0 saturated carbocycles. The Morgan fingerprint density at radius 1 is 0.914 bits per heavy atom. The Bertz CT molecular complexity index is 1320. The van der Waals surface area contributed by atoms with Gasteiger partial charge in [0.05, 0.1) is 17.7 Å². The number of hydrogen-bond donors (Lipinski definition) is 2. The molecule has 0 fully saturated rings. The van der Waals surface area contributed by atoms with Crippen LogP contribution in [0.2, 0.25) is 0 Å². The fraction of sp³-hybridized carbons (Fsp3) is 0.200. The molecule has 10 heteroatoms. The average molecular weight is 498 g/mol. The molecule has 0 saturated heterocycles. The second kappa shape index (κ2) is 10.9. The Morgan fingerprint density at radius 3 is 2.26 bits per heavy atom. The van der Waals surface area contributed by atoms with E-state index in [1.54, 1.807) is 30.3 Å². The highest BCUT2D eigenvalue weighted by Crippen LogP contribution is 2.30. The minimum atomic E-state index is -3.90. The number of carbonyl (C=O) groups is 2. The van der Waals surface area contributed by atoms with Gasteiger partial charge in [0.2, 0.25) is 0 Å². The number of aryl methyl sites for hydroxylation is 2. The van der Waals surface area contributed by atoms with Crippen molar-refractivity contribution in [2.45, 2.75) is 18.7 Å². The summed E-state index contributed by atoms with van der Waals surface area (Å²) in [6.45, 7) is 3.63. The lowest BCUT2D eigenvalue weighted by atomic mass is 10.1. The number of ether oxygens (including phenoxy) is 2. The van der Waals surface area contributed by atoms with Crippen LogP contribution in [0.5, 0.6) is 11.5 Å². The minimum absolute atomic E-state index is 0.00622. The number of amides is 2. The standard InChI is InChI=1S/C25H27N3O6S/c1-17-9-12-20(15-18(17)2)34-16-24(29)26-27-25(30)19-10-13-21(14-11-19)35(31,32)28(3)22-7-5-6-8-23(22)33-4/h5-15H,16H2,1-4H3,(H,26,29)(H,27,30). The number of sulfonamides is 1. The zero-order chi connectivity index (χ0) is 25.6. The predicted molar refractivity (Wildman–Crippen MR) is 132 cm³/mol. The van der Waals surface area contributed by atoms with E-state index in [2.05, 4.69) is 10.9 Å². The molecule has 184 valence electrons. The van der Waals surface area contributed by atoms with Crippen molar-refractivity contribution in [3.63, 3.8) is 0 Å². The first-order valence-corrected chi connectivity index (χ1v) is 12.1. The summed E-state index contributed by atoms with van der Waals surface area (Å²) in [6, 6.07) is 17.6. The van der Waals surface area contributed by atoms with Crippen molar-refractivity contribution in [2.24, 2.45) is 0 Å². The van der Waals surface area contributed by atoms with Gasteiger partial charge >= 0.3 is 0 Å². The van der Waals surface area contributed by atoms with Gasteiger partial charge in [-0.15, -0.1) is 0 Å². The van der Waals surface area contributed by atoms with Crippen LogP contribution >= 0.6 is 0 Å². The summed E-state index contributed by atoms with van der Waals surface area (Å²) in [7, 11) is -1.02. The molecule has 3 aromatic rings. The molecule has 0 bridgehead atoms. The van der Waals surface area contributed by atoms with Crippen LogP contribution in [0.1, 0.15) is 21.5 Å². The van der Waals surface area contributed by atoms with Crippen molar-refractivity contribution in [3.05, 3.63) is 83.4 Å². The molecule has 0 heterocycles. The van der Waals surface area contributed by atoms with E-state index in [-0.39, 0.29) is 17.1 Å². The second-order valence-electron chi connectivity index (χ2n) is 7.71. The predicted octanol–water partition coefficient (Wildman–Crippen LogP) is 2.98. The van der Waals surface area contributed by atoms with Gasteiger partial charge in [-0.3, -0.25) is 24.7 Å². The maximum absolute atomic E-state index is 13.0. The van der Waals surface area contributed by atoms with Gasteiger partial charge in [0, 0.05) is 12.6 Å². The molecule has 0 aliphatic carbocycles. The summed E-state index contributed by atoms with van der Waals surface area (Å²) < 4.78 is 37.8. The molecule has 0 unspecified atom stereocenters. The summed E-state index contributed by atoms with van der Waals surface area (Å²) >= 11 is 0. The molecule has 3 aromatic carbocycles. The van der Waals surface area contributed by atoms with Crippen LogP contribution < -0.4 is 24.6 Å². The first-order valence-electron chi connectivity index (χ1n) is 10.6. The number of anilines is 1. The topological polar surface area (TPSA) is 114 Å². The Morgan fingerprint density at radius 2 is 1.60 bits per heavy atom. The Hall–Kier alpha value is -4.05. The summed E-state index contributed by atoms with van der Waals surface area (Å²) in [5.41, 5.74) is 7.24. The summed E-state index contributed by atoms with van der Waals surface area (Å²) in [6.07, 6.45) is 0. The van der Waals surface area contributed by atoms with Gasteiger partial charge in [0.25, 0.3) is 21.8 Å². The average Bonchev–Trinajstić information content (AvgIpc) is 2.87. The molecule has 35 heavy (non-hydrogen) atoms. The molecule has 0 aliphatic heterocycles. The van der Waals surface area contributed by atoms with E-state index >= 15 is 0 Å². The molecule has 2 amide bonds. The molecule has 0 atom stereocenters. The van der Waals surface area contributed by atoms with Gasteiger partial charge in [-0.2, -0.15) is 0 Å². The zero-order valence-electron chi connectivity index (χ0n) is 19.9. The lowest BCUT2D eigenvalue weighted by Gasteiger charge is -2.21. The number of nitrogens with one attached hydrogen (secondary N) is 2. The number of carbonyl (C=O) groups excluding carboxylic acids is 2. The number of para-hydroxylation sites is 2. The number of hydrazine groups is 1. The van der Waals surface area contributed by atoms with Crippen LogP contribution in [0.4, 0.5) is 5.69 Å². The van der Waals surface area contributed by atoms with Gasteiger partial charge in [0.1, 0.15) is 11.5 Å². The smallest absolute Gasteiger partial charge is 0.276 e. The van der Waals surface area contributed by atoms with Gasteiger partial charge in [-0.25, -0.2) is 8.42 Å². The van der Waals surface area contributed by atoms with E-state index in [4.69, 9.17) is 9.47 Å². The molecule has 9 nitrogen and oxygen atoms in total. The Labute approximate surface area is 204 Å².